The number of unbranched alkanes of at least 4 members (excludes halogenated alkanes) is 1. The van der Waals surface area contributed by atoms with E-state index in [4.69, 9.17) is 5.11 Å². The molecule has 0 aliphatic heterocycles. The molecule has 0 fully saturated rings. The predicted octanol–water partition coefficient (Wildman–Crippen LogP) is 0.153. The zero-order valence-corrected chi connectivity index (χ0v) is 10.9. The van der Waals surface area contributed by atoms with Crippen LogP contribution in [0, 0.1) is 0 Å². The molecule has 104 valence electrons. The smallest absolute Gasteiger partial charge is 0.326 e. The first kappa shape index (κ1) is 14.9. The molecule has 1 atom stereocenters. The fraction of sp³-hybridized carbons (Fsp3) is 0.500. The number of aromatic nitrogens is 2. The lowest BCUT2D eigenvalue weighted by Crippen LogP contribution is -2.41. The van der Waals surface area contributed by atoms with E-state index in [1.165, 1.54) is 19.2 Å². The number of aliphatic carboxylic acids is 1. The molecule has 2 N–H and O–H groups in total. The van der Waals surface area contributed by atoms with Crippen LogP contribution in [0.2, 0.25) is 0 Å². The van der Waals surface area contributed by atoms with Gasteiger partial charge in [-0.3, -0.25) is 9.59 Å². The summed E-state index contributed by atoms with van der Waals surface area (Å²) in [6, 6.07) is 1.55. The number of carboxylic acids is 1. The minimum absolute atomic E-state index is 0.0184. The van der Waals surface area contributed by atoms with Crippen molar-refractivity contribution >= 4 is 11.9 Å². The van der Waals surface area contributed by atoms with Crippen LogP contribution < -0.4 is 10.9 Å². The van der Waals surface area contributed by atoms with E-state index in [0.717, 1.165) is 11.1 Å². The van der Waals surface area contributed by atoms with Gasteiger partial charge in [0.15, 0.2) is 0 Å². The number of aryl methyl sites for hydroxylation is 1. The third-order valence-electron chi connectivity index (χ3n) is 2.64. The standard InChI is InChI=1S/C12H17N3O4/c1-3-4-5-9(12(18)19)13-11(17)8-6-7-10(16)15(2)14-8/h6-7,9H,3-5H2,1-2H3,(H,13,17)(H,18,19). The van der Waals surface area contributed by atoms with E-state index in [2.05, 4.69) is 10.4 Å². The van der Waals surface area contributed by atoms with Crippen LogP contribution in [-0.2, 0) is 11.8 Å². The molecule has 19 heavy (non-hydrogen) atoms. The Morgan fingerprint density at radius 3 is 2.68 bits per heavy atom. The third-order valence-corrected chi connectivity index (χ3v) is 2.64. The SMILES string of the molecule is CCCCC(NC(=O)c1ccc(=O)n(C)n1)C(=O)O. The minimum Gasteiger partial charge on any atom is -0.480 e. The Kier molecular flexibility index (Phi) is 5.23. The Bertz CT molecular complexity index is 524. The van der Waals surface area contributed by atoms with Gasteiger partial charge in [-0.25, -0.2) is 9.48 Å². The molecular formula is C12H17N3O4. The topological polar surface area (TPSA) is 101 Å². The average molecular weight is 267 g/mol. The van der Waals surface area contributed by atoms with Crippen molar-refractivity contribution < 1.29 is 14.7 Å². The van der Waals surface area contributed by atoms with Gasteiger partial charge in [-0.15, -0.1) is 0 Å². The van der Waals surface area contributed by atoms with Crippen LogP contribution in [0.1, 0.15) is 36.7 Å². The fourth-order valence-electron chi connectivity index (χ4n) is 1.52. The molecule has 0 bridgehead atoms. The predicted molar refractivity (Wildman–Crippen MR) is 67.9 cm³/mol. The average Bonchev–Trinajstić information content (AvgIpc) is 2.37. The Balaban J connectivity index is 2.78. The number of rotatable bonds is 6. The van der Waals surface area contributed by atoms with Gasteiger partial charge in [0.2, 0.25) is 0 Å². The van der Waals surface area contributed by atoms with Crippen LogP contribution in [0.5, 0.6) is 0 Å². The van der Waals surface area contributed by atoms with Gasteiger partial charge in [-0.05, 0) is 12.5 Å². The second-order valence-corrected chi connectivity index (χ2v) is 4.19. The number of carbonyl (C=O) groups excluding carboxylic acids is 1. The van der Waals surface area contributed by atoms with Gasteiger partial charge >= 0.3 is 5.97 Å². The first-order valence-corrected chi connectivity index (χ1v) is 6.03. The Labute approximate surface area is 110 Å². The Morgan fingerprint density at radius 2 is 2.16 bits per heavy atom. The number of nitrogens with one attached hydrogen (secondary N) is 1. The highest BCUT2D eigenvalue weighted by atomic mass is 16.4. The molecule has 0 spiro atoms. The molecule has 7 heteroatoms. The molecule has 0 saturated carbocycles. The number of hydrogen-bond acceptors (Lipinski definition) is 4. The zero-order valence-electron chi connectivity index (χ0n) is 10.9. The van der Waals surface area contributed by atoms with E-state index < -0.39 is 17.9 Å². The number of carboxylic acid groups (broad SMARTS) is 1. The van der Waals surface area contributed by atoms with Crippen molar-refractivity contribution in [3.63, 3.8) is 0 Å². The number of carbonyl (C=O) groups is 2. The first-order chi connectivity index (χ1) is 8.95. The molecule has 1 heterocycles. The summed E-state index contributed by atoms with van der Waals surface area (Å²) in [5.74, 6) is -1.68. The van der Waals surface area contributed by atoms with Crippen molar-refractivity contribution in [2.75, 3.05) is 0 Å². The molecule has 7 nitrogen and oxygen atoms in total. The van der Waals surface area contributed by atoms with E-state index in [1.54, 1.807) is 0 Å². The van der Waals surface area contributed by atoms with Crippen LogP contribution in [0.4, 0.5) is 0 Å². The lowest BCUT2D eigenvalue weighted by atomic mass is 10.1. The van der Waals surface area contributed by atoms with Crippen molar-refractivity contribution in [1.29, 1.82) is 0 Å². The first-order valence-electron chi connectivity index (χ1n) is 6.03. The maximum Gasteiger partial charge on any atom is 0.326 e. The maximum atomic E-state index is 11.8. The molecule has 1 aromatic rings. The highest BCUT2D eigenvalue weighted by Gasteiger charge is 2.20. The summed E-state index contributed by atoms with van der Waals surface area (Å²) in [5, 5.41) is 15.2. The van der Waals surface area contributed by atoms with E-state index in [9.17, 15) is 14.4 Å². The van der Waals surface area contributed by atoms with Gasteiger partial charge in [0, 0.05) is 13.1 Å². The summed E-state index contributed by atoms with van der Waals surface area (Å²) < 4.78 is 1.02. The van der Waals surface area contributed by atoms with Crippen LogP contribution in [0.25, 0.3) is 0 Å². The highest BCUT2D eigenvalue weighted by Crippen LogP contribution is 2.02. The van der Waals surface area contributed by atoms with Crippen LogP contribution in [0.3, 0.4) is 0 Å². The van der Waals surface area contributed by atoms with Crippen molar-refractivity contribution in [1.82, 2.24) is 15.1 Å². The van der Waals surface area contributed by atoms with E-state index in [0.29, 0.717) is 12.8 Å². The number of amides is 1. The molecule has 0 aliphatic carbocycles. The summed E-state index contributed by atoms with van der Waals surface area (Å²) in [4.78, 5) is 34.0. The summed E-state index contributed by atoms with van der Waals surface area (Å²) in [6.45, 7) is 1.94. The van der Waals surface area contributed by atoms with Crippen molar-refractivity contribution in [2.45, 2.75) is 32.2 Å². The Morgan fingerprint density at radius 1 is 1.47 bits per heavy atom. The summed E-state index contributed by atoms with van der Waals surface area (Å²) in [7, 11) is 1.42. The molecule has 1 rings (SSSR count). The third kappa shape index (κ3) is 4.20. The molecule has 1 unspecified atom stereocenters. The Hall–Kier alpha value is -2.18. The molecular weight excluding hydrogens is 250 g/mol. The van der Waals surface area contributed by atoms with E-state index in [-0.39, 0.29) is 11.3 Å². The largest absolute Gasteiger partial charge is 0.480 e. The molecule has 0 radical (unpaired) electrons. The molecule has 0 saturated heterocycles. The maximum absolute atomic E-state index is 11.8. The van der Waals surface area contributed by atoms with Gasteiger partial charge in [-0.1, -0.05) is 19.8 Å². The second kappa shape index (κ2) is 6.67. The van der Waals surface area contributed by atoms with Gasteiger partial charge < -0.3 is 10.4 Å². The van der Waals surface area contributed by atoms with E-state index >= 15 is 0 Å². The number of hydrogen-bond donors (Lipinski definition) is 2. The van der Waals surface area contributed by atoms with Gasteiger partial charge in [0.25, 0.3) is 11.5 Å². The van der Waals surface area contributed by atoms with Crippen molar-refractivity contribution in [2.24, 2.45) is 7.05 Å². The molecule has 0 aromatic carbocycles. The molecule has 0 aliphatic rings. The lowest BCUT2D eigenvalue weighted by Gasteiger charge is -2.13. The highest BCUT2D eigenvalue weighted by molar-refractivity contribution is 5.94. The van der Waals surface area contributed by atoms with Crippen LogP contribution >= 0.6 is 0 Å². The quantitative estimate of drug-likeness (QED) is 0.764. The normalized spacial score (nSPS) is 11.9. The van der Waals surface area contributed by atoms with Crippen LogP contribution in [-0.4, -0.2) is 32.8 Å². The summed E-state index contributed by atoms with van der Waals surface area (Å²) in [5.41, 5.74) is -0.317. The lowest BCUT2D eigenvalue weighted by molar-refractivity contribution is -0.139. The van der Waals surface area contributed by atoms with Crippen LogP contribution in [0.15, 0.2) is 16.9 Å². The molecule has 1 aromatic heterocycles. The van der Waals surface area contributed by atoms with Gasteiger partial charge in [0.1, 0.15) is 11.7 Å². The van der Waals surface area contributed by atoms with Gasteiger partial charge in [-0.2, -0.15) is 5.10 Å². The van der Waals surface area contributed by atoms with Crippen molar-refractivity contribution in [3.8, 4) is 0 Å². The minimum atomic E-state index is -1.08. The monoisotopic (exact) mass is 267 g/mol. The van der Waals surface area contributed by atoms with E-state index in [1.807, 2.05) is 6.92 Å². The zero-order chi connectivity index (χ0) is 14.4. The number of nitrogens with zero attached hydrogens (tertiary/aromatic N) is 2. The van der Waals surface area contributed by atoms with Gasteiger partial charge in [0.05, 0.1) is 0 Å². The molecule has 1 amide bonds. The van der Waals surface area contributed by atoms with Crippen molar-refractivity contribution in [3.05, 3.63) is 28.2 Å². The summed E-state index contributed by atoms with van der Waals surface area (Å²) >= 11 is 0. The second-order valence-electron chi connectivity index (χ2n) is 4.19. The summed E-state index contributed by atoms with van der Waals surface area (Å²) in [6.07, 6.45) is 1.92. The fourth-order valence-corrected chi connectivity index (χ4v) is 1.52.